The highest BCUT2D eigenvalue weighted by Gasteiger charge is 2.02. The minimum atomic E-state index is -0.250. The number of methoxy groups -OCH3 is 1. The number of aldehydes is 1. The second kappa shape index (κ2) is 17.5. The number of aryl methyl sites for hydroxylation is 1. The van der Waals surface area contributed by atoms with Gasteiger partial charge < -0.3 is 10.5 Å². The molecule has 0 radical (unpaired) electrons. The third kappa shape index (κ3) is 13.0. The number of esters is 1. The van der Waals surface area contributed by atoms with Gasteiger partial charge in [0.25, 0.3) is 0 Å². The molecule has 0 heterocycles. The van der Waals surface area contributed by atoms with Gasteiger partial charge in [0.15, 0.2) is 0 Å². The molecule has 3 rings (SSSR count). The molecule has 0 spiro atoms. The van der Waals surface area contributed by atoms with Gasteiger partial charge in [0.05, 0.1) is 25.2 Å². The van der Waals surface area contributed by atoms with Gasteiger partial charge in [0.1, 0.15) is 6.29 Å². The lowest BCUT2D eigenvalue weighted by Gasteiger charge is -2.00. The van der Waals surface area contributed by atoms with Crippen LogP contribution in [0.25, 0.3) is 11.1 Å². The van der Waals surface area contributed by atoms with Crippen LogP contribution in [0.3, 0.4) is 0 Å². The van der Waals surface area contributed by atoms with Crippen LogP contribution >= 0.6 is 0 Å². The van der Waals surface area contributed by atoms with Crippen molar-refractivity contribution >= 4 is 12.3 Å². The van der Waals surface area contributed by atoms with E-state index in [0.717, 1.165) is 23.0 Å². The molecule has 0 saturated carbocycles. The number of hydrogen-bond acceptors (Lipinski definition) is 5. The first-order valence-corrected chi connectivity index (χ1v) is 10.1. The van der Waals surface area contributed by atoms with Gasteiger partial charge in [0, 0.05) is 11.6 Å². The summed E-state index contributed by atoms with van der Waals surface area (Å²) in [4.78, 5) is 20.8. The van der Waals surface area contributed by atoms with Crippen molar-refractivity contribution in [2.75, 3.05) is 7.11 Å². The molecule has 0 fully saturated rings. The van der Waals surface area contributed by atoms with Crippen molar-refractivity contribution in [1.82, 2.24) is 0 Å². The van der Waals surface area contributed by atoms with Crippen LogP contribution in [0.4, 0.5) is 0 Å². The molecule has 170 valence electrons. The molecule has 5 nitrogen and oxygen atoms in total. The normalized spacial score (nSPS) is 9.61. The quantitative estimate of drug-likeness (QED) is 0.341. The highest BCUT2D eigenvalue weighted by Crippen LogP contribution is 2.18. The van der Waals surface area contributed by atoms with E-state index in [4.69, 9.17) is 11.0 Å². The Hall–Kier alpha value is -4.19. The zero-order chi connectivity index (χ0) is 25.1. The molecular formula is C28H30N2O3. The largest absolute Gasteiger partial charge is 0.469 e. The Kier molecular flexibility index (Phi) is 15.3. The van der Waals surface area contributed by atoms with Crippen molar-refractivity contribution in [3.63, 3.8) is 0 Å². The number of nitrogens with zero attached hydrogens (tertiary/aromatic N) is 1. The first-order chi connectivity index (χ1) is 15.9. The summed E-state index contributed by atoms with van der Waals surface area (Å²) >= 11 is 0. The van der Waals surface area contributed by atoms with Crippen LogP contribution in [0.2, 0.25) is 0 Å². The van der Waals surface area contributed by atoms with E-state index in [1.165, 1.54) is 12.7 Å². The third-order valence-corrected chi connectivity index (χ3v) is 4.02. The first kappa shape index (κ1) is 28.8. The van der Waals surface area contributed by atoms with Gasteiger partial charge in [-0.2, -0.15) is 5.26 Å². The van der Waals surface area contributed by atoms with Crippen LogP contribution in [-0.2, 0) is 9.53 Å². The molecule has 3 aromatic rings. The third-order valence-electron chi connectivity index (χ3n) is 4.02. The van der Waals surface area contributed by atoms with Crippen molar-refractivity contribution < 1.29 is 14.3 Å². The number of benzene rings is 3. The summed E-state index contributed by atoms with van der Waals surface area (Å²) in [5.41, 5.74) is 10.2. The number of nitrogens with two attached hydrogens (primary N) is 1. The Morgan fingerprint density at radius 2 is 1.61 bits per heavy atom. The van der Waals surface area contributed by atoms with Crippen LogP contribution < -0.4 is 5.73 Å². The van der Waals surface area contributed by atoms with Crippen LogP contribution in [0.5, 0.6) is 0 Å². The molecule has 0 saturated heterocycles. The van der Waals surface area contributed by atoms with Crippen molar-refractivity contribution in [3.05, 3.63) is 95.6 Å². The summed E-state index contributed by atoms with van der Waals surface area (Å²) in [5, 5.41) is 8.41. The second-order valence-electron chi connectivity index (χ2n) is 6.84. The molecule has 0 aliphatic carbocycles. The van der Waals surface area contributed by atoms with Gasteiger partial charge in [-0.05, 0) is 42.7 Å². The van der Waals surface area contributed by atoms with Gasteiger partial charge in [-0.3, -0.25) is 9.59 Å². The summed E-state index contributed by atoms with van der Waals surface area (Å²) in [6.07, 6.45) is 9.16. The van der Waals surface area contributed by atoms with Gasteiger partial charge in [0.2, 0.25) is 0 Å². The lowest BCUT2D eigenvalue weighted by atomic mass is 10.0. The predicted octanol–water partition coefficient (Wildman–Crippen LogP) is 5.18. The Morgan fingerprint density at radius 1 is 1.03 bits per heavy atom. The SMILES string of the molecule is C#C.COC(=O)C[C@@H](C)N.Cc1cccc(C#N)c1.O=Cc1ccc(-c2ccccc2)cc1. The first-order valence-electron chi connectivity index (χ1n) is 10.1. The molecule has 33 heavy (non-hydrogen) atoms. The fourth-order valence-corrected chi connectivity index (χ4v) is 2.45. The molecular weight excluding hydrogens is 412 g/mol. The molecule has 0 aliphatic heterocycles. The van der Waals surface area contributed by atoms with E-state index in [0.29, 0.717) is 12.0 Å². The van der Waals surface area contributed by atoms with E-state index in [2.05, 4.69) is 35.8 Å². The van der Waals surface area contributed by atoms with Gasteiger partial charge in [-0.25, -0.2) is 0 Å². The van der Waals surface area contributed by atoms with E-state index in [9.17, 15) is 9.59 Å². The maximum atomic E-state index is 10.5. The summed E-state index contributed by atoms with van der Waals surface area (Å²) in [5.74, 6) is -0.250. The number of hydrogen-bond donors (Lipinski definition) is 1. The lowest BCUT2D eigenvalue weighted by Crippen LogP contribution is -2.20. The lowest BCUT2D eigenvalue weighted by molar-refractivity contribution is -0.140. The Labute approximate surface area is 196 Å². The number of nitriles is 1. The van der Waals surface area contributed by atoms with Crippen molar-refractivity contribution in [2.45, 2.75) is 26.3 Å². The zero-order valence-electron chi connectivity index (χ0n) is 19.3. The summed E-state index contributed by atoms with van der Waals surface area (Å²) in [7, 11) is 1.35. The number of rotatable bonds is 4. The zero-order valence-corrected chi connectivity index (χ0v) is 19.3. The fourth-order valence-electron chi connectivity index (χ4n) is 2.45. The van der Waals surface area contributed by atoms with Crippen LogP contribution in [0.15, 0.2) is 78.9 Å². The number of ether oxygens (including phenoxy) is 1. The van der Waals surface area contributed by atoms with Crippen molar-refractivity contribution in [2.24, 2.45) is 5.73 Å². The van der Waals surface area contributed by atoms with Crippen LogP contribution in [0.1, 0.15) is 34.8 Å². The standard InChI is InChI=1S/C13H10O.C8H7N.C5H11NO2.C2H2/c14-10-11-6-8-13(9-7-11)12-4-2-1-3-5-12;1-7-3-2-4-8(5-7)6-9;1-4(6)3-5(7)8-2;1-2/h1-10H;2-5H,1H3;4H,3,6H2,1-2H3;1-2H/t;;4-;/m..1./s1. The van der Waals surface area contributed by atoms with Crippen LogP contribution in [-0.4, -0.2) is 25.4 Å². The van der Waals surface area contributed by atoms with E-state index >= 15 is 0 Å². The molecule has 0 aliphatic rings. The number of carbonyl (C=O) groups is 2. The van der Waals surface area contributed by atoms with Gasteiger partial charge >= 0.3 is 5.97 Å². The molecule has 2 N–H and O–H groups in total. The monoisotopic (exact) mass is 442 g/mol. The smallest absolute Gasteiger partial charge is 0.307 e. The maximum absolute atomic E-state index is 10.5. The molecule has 0 aromatic heterocycles. The average Bonchev–Trinajstić information content (AvgIpc) is 2.86. The Balaban J connectivity index is 0.000000473. The summed E-state index contributed by atoms with van der Waals surface area (Å²) < 4.78 is 4.34. The Morgan fingerprint density at radius 3 is 2.00 bits per heavy atom. The second-order valence-corrected chi connectivity index (χ2v) is 6.84. The molecule has 0 bridgehead atoms. The maximum Gasteiger partial charge on any atom is 0.307 e. The highest BCUT2D eigenvalue weighted by atomic mass is 16.5. The molecule has 5 heteroatoms. The minimum Gasteiger partial charge on any atom is -0.469 e. The van der Waals surface area contributed by atoms with Crippen LogP contribution in [0, 0.1) is 31.1 Å². The van der Waals surface area contributed by atoms with Crippen molar-refractivity contribution in [3.8, 4) is 30.0 Å². The van der Waals surface area contributed by atoms with Gasteiger partial charge in [-0.15, -0.1) is 12.8 Å². The van der Waals surface area contributed by atoms with E-state index in [-0.39, 0.29) is 12.0 Å². The number of carbonyl (C=O) groups excluding carboxylic acids is 2. The van der Waals surface area contributed by atoms with Crippen molar-refractivity contribution in [1.29, 1.82) is 5.26 Å². The average molecular weight is 443 g/mol. The fraction of sp³-hybridized carbons (Fsp3) is 0.179. The predicted molar refractivity (Wildman–Crippen MR) is 133 cm³/mol. The molecule has 0 unspecified atom stereocenters. The highest BCUT2D eigenvalue weighted by molar-refractivity contribution is 5.76. The summed E-state index contributed by atoms with van der Waals surface area (Å²) in [6, 6.07) is 27.2. The molecule has 0 amide bonds. The van der Waals surface area contributed by atoms with Gasteiger partial charge in [-0.1, -0.05) is 66.7 Å². The summed E-state index contributed by atoms with van der Waals surface area (Å²) in [6.45, 7) is 3.73. The molecule has 3 aromatic carbocycles. The Bertz CT molecular complexity index is 1020. The van der Waals surface area contributed by atoms with E-state index < -0.39 is 0 Å². The molecule has 1 atom stereocenters. The minimum absolute atomic E-state index is 0.0950. The number of terminal acetylenes is 1. The topological polar surface area (TPSA) is 93.2 Å². The van der Waals surface area contributed by atoms with E-state index in [1.54, 1.807) is 13.0 Å². The van der Waals surface area contributed by atoms with E-state index in [1.807, 2.05) is 67.6 Å².